The second-order valence-corrected chi connectivity index (χ2v) is 12.0. The van der Waals surface area contributed by atoms with Crippen molar-refractivity contribution < 1.29 is 29.2 Å². The third kappa shape index (κ3) is 3.31. The highest BCUT2D eigenvalue weighted by Crippen LogP contribution is 2.53. The van der Waals surface area contributed by atoms with Crippen LogP contribution < -0.4 is 0 Å². The molecule has 5 unspecified atom stereocenters. The maximum atomic E-state index is 11.2. The highest BCUT2D eigenvalue weighted by Gasteiger charge is 2.66. The van der Waals surface area contributed by atoms with Gasteiger partial charge >= 0.3 is 0 Å². The smallest absolute Gasteiger partial charge is 0.189 e. The first-order valence-electron chi connectivity index (χ1n) is 11.3. The molecule has 2 aliphatic heterocycles. The fraction of sp³-hybridized carbons (Fsp3) is 0.833. The average molecular weight is 421 g/mol. The summed E-state index contributed by atoms with van der Waals surface area (Å²) in [5, 5.41) is 22.4. The van der Waals surface area contributed by atoms with Crippen molar-refractivity contribution in [1.82, 2.24) is 0 Å². The second kappa shape index (κ2) is 6.40. The summed E-state index contributed by atoms with van der Waals surface area (Å²) in [6.45, 7) is 12.9. The Morgan fingerprint density at radius 3 is 1.23 bits per heavy atom. The molecule has 0 bridgehead atoms. The number of hydrogen-bond acceptors (Lipinski definition) is 6. The third-order valence-corrected chi connectivity index (χ3v) is 7.23. The highest BCUT2D eigenvalue weighted by molar-refractivity contribution is 5.21. The molecule has 0 aromatic carbocycles. The minimum absolute atomic E-state index is 0.0190. The van der Waals surface area contributed by atoms with Crippen LogP contribution in [0, 0.1) is 10.8 Å². The van der Waals surface area contributed by atoms with Gasteiger partial charge in [-0.3, -0.25) is 0 Å². The molecule has 5 aliphatic rings. The lowest BCUT2D eigenvalue weighted by Gasteiger charge is -2.40. The van der Waals surface area contributed by atoms with E-state index in [4.69, 9.17) is 18.9 Å². The van der Waals surface area contributed by atoms with E-state index in [-0.39, 0.29) is 10.8 Å². The van der Waals surface area contributed by atoms with Gasteiger partial charge in [-0.1, -0.05) is 38.8 Å². The van der Waals surface area contributed by atoms with Crippen molar-refractivity contribution in [3.05, 3.63) is 23.3 Å². The van der Waals surface area contributed by atoms with Crippen molar-refractivity contribution in [2.45, 2.75) is 115 Å². The first kappa shape index (κ1) is 21.1. The predicted octanol–water partition coefficient (Wildman–Crippen LogP) is 3.22. The number of hydrogen-bond donors (Lipinski definition) is 2. The molecule has 0 aromatic rings. The average Bonchev–Trinajstić information content (AvgIpc) is 3.08. The Kier molecular flexibility index (Phi) is 4.50. The van der Waals surface area contributed by atoms with Crippen molar-refractivity contribution in [3.8, 4) is 0 Å². The van der Waals surface area contributed by atoms with E-state index in [0.29, 0.717) is 12.8 Å². The standard InChI is InChI=1S/C24H36O6/c1-13-7-21(3,4)11-23(9-13)27-17-15(25)19-20(16(26)18(17)28-23)30-24(29-19)10-14(2)8-22(5,6)12-24/h9-10,15-20,25-26H,7-8,11-12H2,1-6H3/t15?,16?,17-,18+,19-,20?,23?,24?/m0/s1. The summed E-state index contributed by atoms with van der Waals surface area (Å²) in [4.78, 5) is 0. The molecule has 2 spiro atoms. The van der Waals surface area contributed by atoms with Crippen molar-refractivity contribution >= 4 is 0 Å². The highest BCUT2D eigenvalue weighted by atomic mass is 16.8. The quantitative estimate of drug-likeness (QED) is 0.586. The van der Waals surface area contributed by atoms with E-state index >= 15 is 0 Å². The molecule has 3 aliphatic carbocycles. The van der Waals surface area contributed by atoms with Crippen LogP contribution in [0.25, 0.3) is 0 Å². The SMILES string of the molecule is CC1=CC2(CC(C)(C)C1)OC1C(O)[C@H]3OC4(C=C(C)CC(C)(C)C4)O[C@H]3C(O)[C@@H]1O2. The van der Waals surface area contributed by atoms with Gasteiger partial charge in [0.2, 0.25) is 0 Å². The number of aliphatic hydroxyl groups is 2. The summed E-state index contributed by atoms with van der Waals surface area (Å²) in [5.74, 6) is -1.83. The first-order valence-corrected chi connectivity index (χ1v) is 11.3. The summed E-state index contributed by atoms with van der Waals surface area (Å²) in [7, 11) is 0. The largest absolute Gasteiger partial charge is 0.387 e. The molecule has 2 heterocycles. The van der Waals surface area contributed by atoms with Crippen molar-refractivity contribution in [3.63, 3.8) is 0 Å². The number of aliphatic hydroxyl groups excluding tert-OH is 2. The van der Waals surface area contributed by atoms with E-state index in [2.05, 4.69) is 41.5 Å². The van der Waals surface area contributed by atoms with Crippen LogP contribution in [0.15, 0.2) is 23.3 Å². The van der Waals surface area contributed by atoms with Gasteiger partial charge in [-0.2, -0.15) is 0 Å². The van der Waals surface area contributed by atoms with E-state index in [1.807, 2.05) is 12.2 Å². The third-order valence-electron chi connectivity index (χ3n) is 7.23. The zero-order valence-corrected chi connectivity index (χ0v) is 19.0. The van der Waals surface area contributed by atoms with Crippen LogP contribution in [-0.2, 0) is 18.9 Å². The molecule has 0 radical (unpaired) electrons. The number of fused-ring (bicyclic) bond motifs is 2. The second-order valence-electron chi connectivity index (χ2n) is 12.0. The topological polar surface area (TPSA) is 77.4 Å². The molecular weight excluding hydrogens is 384 g/mol. The predicted molar refractivity (Wildman–Crippen MR) is 111 cm³/mol. The van der Waals surface area contributed by atoms with Crippen LogP contribution in [0.4, 0.5) is 0 Å². The minimum atomic E-state index is -0.931. The molecule has 6 nitrogen and oxygen atoms in total. The molecule has 1 saturated carbocycles. The van der Waals surface area contributed by atoms with Gasteiger partial charge in [-0.05, 0) is 49.7 Å². The monoisotopic (exact) mass is 420 g/mol. The molecule has 2 N–H and O–H groups in total. The van der Waals surface area contributed by atoms with Gasteiger partial charge in [0.05, 0.1) is 0 Å². The number of rotatable bonds is 0. The Bertz CT molecular complexity index is 706. The van der Waals surface area contributed by atoms with Crippen LogP contribution in [0.1, 0.15) is 67.2 Å². The van der Waals surface area contributed by atoms with Gasteiger partial charge in [0.1, 0.15) is 36.6 Å². The molecule has 8 atom stereocenters. The normalized spacial score (nSPS) is 51.5. The molecule has 0 aromatic heterocycles. The summed E-state index contributed by atoms with van der Waals surface area (Å²) >= 11 is 0. The van der Waals surface area contributed by atoms with Crippen LogP contribution in [-0.4, -0.2) is 58.4 Å². The Balaban J connectivity index is 1.43. The number of allylic oxidation sites excluding steroid dienone is 2. The van der Waals surface area contributed by atoms with Gasteiger partial charge in [-0.25, -0.2) is 0 Å². The lowest BCUT2D eigenvalue weighted by Crippen LogP contribution is -2.61. The van der Waals surface area contributed by atoms with Gasteiger partial charge < -0.3 is 29.2 Å². The van der Waals surface area contributed by atoms with Crippen molar-refractivity contribution in [2.75, 3.05) is 0 Å². The Morgan fingerprint density at radius 1 is 0.667 bits per heavy atom. The Morgan fingerprint density at radius 2 is 0.967 bits per heavy atom. The molecule has 6 heteroatoms. The van der Waals surface area contributed by atoms with Gasteiger partial charge in [0.25, 0.3) is 0 Å². The molecule has 0 amide bonds. The molecule has 168 valence electrons. The Labute approximate surface area is 179 Å². The van der Waals surface area contributed by atoms with Crippen LogP contribution >= 0.6 is 0 Å². The summed E-state index contributed by atoms with van der Waals surface area (Å²) in [6.07, 6.45) is 2.88. The zero-order valence-electron chi connectivity index (χ0n) is 19.0. The van der Waals surface area contributed by atoms with E-state index in [1.165, 1.54) is 11.1 Å². The fourth-order valence-electron chi connectivity index (χ4n) is 6.90. The van der Waals surface area contributed by atoms with E-state index < -0.39 is 48.2 Å². The van der Waals surface area contributed by atoms with E-state index in [0.717, 1.165) is 12.8 Å². The lowest BCUT2D eigenvalue weighted by molar-refractivity contribution is -0.195. The molecule has 2 saturated heterocycles. The zero-order chi connectivity index (χ0) is 21.7. The van der Waals surface area contributed by atoms with E-state index in [9.17, 15) is 10.2 Å². The molecule has 30 heavy (non-hydrogen) atoms. The van der Waals surface area contributed by atoms with Gasteiger partial charge in [-0.15, -0.1) is 0 Å². The van der Waals surface area contributed by atoms with Gasteiger partial charge in [0.15, 0.2) is 11.6 Å². The van der Waals surface area contributed by atoms with E-state index in [1.54, 1.807) is 0 Å². The van der Waals surface area contributed by atoms with Crippen molar-refractivity contribution in [1.29, 1.82) is 0 Å². The Hall–Kier alpha value is -0.760. The molecule has 3 fully saturated rings. The van der Waals surface area contributed by atoms with Crippen LogP contribution in [0.2, 0.25) is 0 Å². The molecular formula is C24H36O6. The van der Waals surface area contributed by atoms with Crippen LogP contribution in [0.5, 0.6) is 0 Å². The maximum Gasteiger partial charge on any atom is 0.189 e. The van der Waals surface area contributed by atoms with Gasteiger partial charge in [0, 0.05) is 12.8 Å². The minimum Gasteiger partial charge on any atom is -0.387 e. The maximum absolute atomic E-state index is 11.2. The molecule has 5 rings (SSSR count). The van der Waals surface area contributed by atoms with Crippen LogP contribution in [0.3, 0.4) is 0 Å². The number of ether oxygens (including phenoxy) is 4. The summed E-state index contributed by atoms with van der Waals surface area (Å²) in [6, 6.07) is 0. The summed E-state index contributed by atoms with van der Waals surface area (Å²) in [5.41, 5.74) is 2.44. The fourth-order valence-corrected chi connectivity index (χ4v) is 6.90. The summed E-state index contributed by atoms with van der Waals surface area (Å²) < 4.78 is 25.5. The van der Waals surface area contributed by atoms with Crippen molar-refractivity contribution in [2.24, 2.45) is 10.8 Å². The first-order chi connectivity index (χ1) is 13.8. The lowest BCUT2D eigenvalue weighted by atomic mass is 9.75.